The van der Waals surface area contributed by atoms with E-state index in [2.05, 4.69) is 18.3 Å². The van der Waals surface area contributed by atoms with Crippen LogP contribution < -0.4 is 5.32 Å². The Balaban J connectivity index is 1.80. The van der Waals surface area contributed by atoms with Crippen LogP contribution in [0.2, 0.25) is 0 Å². The molecular formula is C13H22N2O. The lowest BCUT2D eigenvalue weighted by Crippen LogP contribution is -2.47. The van der Waals surface area contributed by atoms with E-state index >= 15 is 0 Å². The minimum absolute atomic E-state index is 0.138. The second-order valence-corrected chi connectivity index (χ2v) is 5.05. The summed E-state index contributed by atoms with van der Waals surface area (Å²) in [5, 5.41) is 3.17. The average molecular weight is 222 g/mol. The number of hydrogen-bond donors (Lipinski definition) is 1. The van der Waals surface area contributed by atoms with Crippen LogP contribution in [0, 0.1) is 0 Å². The zero-order valence-electron chi connectivity index (χ0n) is 10.2. The normalized spacial score (nSPS) is 22.8. The molecule has 1 fully saturated rings. The number of nitrogens with zero attached hydrogens (tertiary/aromatic N) is 1. The van der Waals surface area contributed by atoms with Crippen LogP contribution in [-0.4, -0.2) is 30.1 Å². The first-order valence-electron chi connectivity index (χ1n) is 6.47. The Morgan fingerprint density at radius 3 is 2.81 bits per heavy atom. The van der Waals surface area contributed by atoms with Crippen molar-refractivity contribution in [1.29, 1.82) is 0 Å². The van der Waals surface area contributed by atoms with Crippen molar-refractivity contribution in [2.45, 2.75) is 51.5 Å². The standard InChI is InChI=1S/C13H22N2O/c1-11-6-5-9-15(10-11)13(16)14-12-7-3-2-4-8-12/h6,12H,2-5,7-10H2,1H3,(H,14,16). The van der Waals surface area contributed by atoms with Crippen molar-refractivity contribution in [3.8, 4) is 0 Å². The second kappa shape index (κ2) is 5.37. The first-order valence-corrected chi connectivity index (χ1v) is 6.47. The maximum absolute atomic E-state index is 12.0. The van der Waals surface area contributed by atoms with Crippen LogP contribution in [0.1, 0.15) is 45.4 Å². The lowest BCUT2D eigenvalue weighted by Gasteiger charge is -2.30. The lowest BCUT2D eigenvalue weighted by molar-refractivity contribution is 0.193. The van der Waals surface area contributed by atoms with Gasteiger partial charge in [0.05, 0.1) is 0 Å². The van der Waals surface area contributed by atoms with E-state index in [1.165, 1.54) is 24.8 Å². The summed E-state index contributed by atoms with van der Waals surface area (Å²) in [7, 11) is 0. The van der Waals surface area contributed by atoms with Gasteiger partial charge in [-0.25, -0.2) is 4.79 Å². The number of hydrogen-bond acceptors (Lipinski definition) is 1. The number of rotatable bonds is 1. The minimum Gasteiger partial charge on any atom is -0.335 e. The molecule has 0 bridgehead atoms. The molecule has 0 radical (unpaired) electrons. The van der Waals surface area contributed by atoms with Crippen molar-refractivity contribution in [2.75, 3.05) is 13.1 Å². The van der Waals surface area contributed by atoms with Crippen molar-refractivity contribution < 1.29 is 4.79 Å². The maximum Gasteiger partial charge on any atom is 0.317 e. The van der Waals surface area contributed by atoms with Crippen LogP contribution in [-0.2, 0) is 0 Å². The maximum atomic E-state index is 12.0. The molecule has 1 aliphatic carbocycles. The monoisotopic (exact) mass is 222 g/mol. The SMILES string of the molecule is CC1=CCCN(C(=O)NC2CCCCC2)C1. The highest BCUT2D eigenvalue weighted by Gasteiger charge is 2.20. The van der Waals surface area contributed by atoms with Gasteiger partial charge in [0.1, 0.15) is 0 Å². The molecule has 0 unspecified atom stereocenters. The van der Waals surface area contributed by atoms with Gasteiger partial charge < -0.3 is 10.2 Å². The van der Waals surface area contributed by atoms with Crippen LogP contribution in [0.4, 0.5) is 4.79 Å². The highest BCUT2D eigenvalue weighted by molar-refractivity contribution is 5.75. The van der Waals surface area contributed by atoms with E-state index in [1.54, 1.807) is 0 Å². The van der Waals surface area contributed by atoms with Crippen molar-refractivity contribution in [3.63, 3.8) is 0 Å². The molecule has 2 amide bonds. The first kappa shape index (κ1) is 11.5. The lowest BCUT2D eigenvalue weighted by atomic mass is 9.96. The molecule has 0 spiro atoms. The van der Waals surface area contributed by atoms with Crippen LogP contribution >= 0.6 is 0 Å². The molecule has 3 heteroatoms. The molecule has 16 heavy (non-hydrogen) atoms. The molecule has 0 aromatic carbocycles. The van der Waals surface area contributed by atoms with E-state index in [-0.39, 0.29) is 6.03 Å². The van der Waals surface area contributed by atoms with Crippen molar-refractivity contribution in [3.05, 3.63) is 11.6 Å². The third-order valence-corrected chi connectivity index (χ3v) is 3.55. The molecule has 2 aliphatic rings. The number of nitrogens with one attached hydrogen (secondary N) is 1. The van der Waals surface area contributed by atoms with Gasteiger partial charge in [0.25, 0.3) is 0 Å². The zero-order chi connectivity index (χ0) is 11.4. The van der Waals surface area contributed by atoms with Crippen molar-refractivity contribution in [1.82, 2.24) is 10.2 Å². The van der Waals surface area contributed by atoms with Gasteiger partial charge in [-0.05, 0) is 26.2 Å². The van der Waals surface area contributed by atoms with Gasteiger partial charge in [-0.3, -0.25) is 0 Å². The summed E-state index contributed by atoms with van der Waals surface area (Å²) in [6.07, 6.45) is 9.42. The smallest absolute Gasteiger partial charge is 0.317 e. The fourth-order valence-corrected chi connectivity index (χ4v) is 2.60. The van der Waals surface area contributed by atoms with Gasteiger partial charge in [-0.15, -0.1) is 0 Å². The van der Waals surface area contributed by atoms with E-state index in [0.29, 0.717) is 6.04 Å². The molecule has 1 heterocycles. The Kier molecular flexibility index (Phi) is 3.86. The summed E-state index contributed by atoms with van der Waals surface area (Å²) >= 11 is 0. The Hall–Kier alpha value is -0.990. The summed E-state index contributed by atoms with van der Waals surface area (Å²) in [5.41, 5.74) is 1.31. The fraction of sp³-hybridized carbons (Fsp3) is 0.769. The molecule has 0 saturated heterocycles. The van der Waals surface area contributed by atoms with Crippen LogP contribution in [0.3, 0.4) is 0 Å². The van der Waals surface area contributed by atoms with Crippen molar-refractivity contribution in [2.24, 2.45) is 0 Å². The van der Waals surface area contributed by atoms with Gasteiger partial charge >= 0.3 is 6.03 Å². The van der Waals surface area contributed by atoms with E-state index in [9.17, 15) is 4.79 Å². The van der Waals surface area contributed by atoms with Crippen LogP contribution in [0.25, 0.3) is 0 Å². The third kappa shape index (κ3) is 3.00. The van der Waals surface area contributed by atoms with Crippen LogP contribution in [0.15, 0.2) is 11.6 Å². The highest BCUT2D eigenvalue weighted by Crippen LogP contribution is 2.18. The molecule has 3 nitrogen and oxygen atoms in total. The molecule has 0 atom stereocenters. The summed E-state index contributed by atoms with van der Waals surface area (Å²) in [4.78, 5) is 13.9. The molecule has 0 aromatic heterocycles. The largest absolute Gasteiger partial charge is 0.335 e. The Labute approximate surface area is 97.9 Å². The predicted octanol–water partition coefficient (Wildman–Crippen LogP) is 2.68. The number of carbonyl (C=O) groups excluding carboxylic acids is 1. The zero-order valence-corrected chi connectivity index (χ0v) is 10.2. The Morgan fingerprint density at radius 2 is 2.12 bits per heavy atom. The van der Waals surface area contributed by atoms with Gasteiger partial charge in [0.2, 0.25) is 0 Å². The molecule has 90 valence electrons. The topological polar surface area (TPSA) is 32.3 Å². The van der Waals surface area contributed by atoms with Crippen molar-refractivity contribution >= 4 is 6.03 Å². The second-order valence-electron chi connectivity index (χ2n) is 5.05. The van der Waals surface area contributed by atoms with Crippen LogP contribution in [0.5, 0.6) is 0 Å². The molecule has 1 aliphatic heterocycles. The Bertz CT molecular complexity index is 280. The van der Waals surface area contributed by atoms with Gasteiger partial charge in [-0.1, -0.05) is 30.9 Å². The molecular weight excluding hydrogens is 200 g/mol. The molecule has 0 aromatic rings. The molecule has 1 saturated carbocycles. The van der Waals surface area contributed by atoms with Gasteiger partial charge in [0, 0.05) is 19.1 Å². The van der Waals surface area contributed by atoms with E-state index in [0.717, 1.165) is 32.4 Å². The fourth-order valence-electron chi connectivity index (χ4n) is 2.60. The minimum atomic E-state index is 0.138. The number of amides is 2. The number of carbonyl (C=O) groups is 1. The van der Waals surface area contributed by atoms with Gasteiger partial charge in [0.15, 0.2) is 0 Å². The predicted molar refractivity (Wildman–Crippen MR) is 65.4 cm³/mol. The first-order chi connectivity index (χ1) is 7.75. The average Bonchev–Trinajstić information content (AvgIpc) is 2.30. The summed E-state index contributed by atoms with van der Waals surface area (Å²) < 4.78 is 0. The third-order valence-electron chi connectivity index (χ3n) is 3.55. The summed E-state index contributed by atoms with van der Waals surface area (Å²) in [6, 6.07) is 0.562. The Morgan fingerprint density at radius 1 is 1.38 bits per heavy atom. The number of urea groups is 1. The molecule has 2 rings (SSSR count). The molecule has 1 N–H and O–H groups in total. The van der Waals surface area contributed by atoms with E-state index < -0.39 is 0 Å². The summed E-state index contributed by atoms with van der Waals surface area (Å²) in [5.74, 6) is 0. The van der Waals surface area contributed by atoms with Gasteiger partial charge in [-0.2, -0.15) is 0 Å². The quantitative estimate of drug-likeness (QED) is 0.680. The van der Waals surface area contributed by atoms with E-state index in [1.807, 2.05) is 4.90 Å². The highest BCUT2D eigenvalue weighted by atomic mass is 16.2. The van der Waals surface area contributed by atoms with E-state index in [4.69, 9.17) is 0 Å². The summed E-state index contributed by atoms with van der Waals surface area (Å²) in [6.45, 7) is 3.77.